The van der Waals surface area contributed by atoms with Crippen molar-refractivity contribution in [3.05, 3.63) is 24.3 Å². The molecule has 0 saturated heterocycles. The minimum absolute atomic E-state index is 0.138. The summed E-state index contributed by atoms with van der Waals surface area (Å²) in [6, 6.07) is 6.53. The Morgan fingerprint density at radius 3 is 2.33 bits per heavy atom. The van der Waals surface area contributed by atoms with Crippen molar-refractivity contribution in [1.29, 1.82) is 0 Å². The number of thioether (sulfide) groups is 1. The fraction of sp³-hybridized carbons (Fsp3) is 0.471. The molecule has 1 rings (SSSR count). The van der Waals surface area contributed by atoms with Crippen molar-refractivity contribution in [2.24, 2.45) is 0 Å². The Kier molecular flexibility index (Phi) is 7.33. The van der Waals surface area contributed by atoms with Crippen LogP contribution in [0.15, 0.2) is 34.1 Å². The van der Waals surface area contributed by atoms with Gasteiger partial charge in [0.1, 0.15) is 12.1 Å². The van der Waals surface area contributed by atoms with Gasteiger partial charge in [0, 0.05) is 11.9 Å². The molecule has 24 heavy (non-hydrogen) atoms. The molecule has 0 heterocycles. The number of esters is 1. The largest absolute Gasteiger partial charge is 0.459 e. The minimum atomic E-state index is -3.74. The summed E-state index contributed by atoms with van der Waals surface area (Å²) in [5, 5.41) is 0. The monoisotopic (exact) mass is 369 g/mol. The second-order valence-corrected chi connectivity index (χ2v) is 9.13. The first-order chi connectivity index (χ1) is 11.1. The summed E-state index contributed by atoms with van der Waals surface area (Å²) >= 11 is 1.53. The van der Waals surface area contributed by atoms with E-state index in [0.29, 0.717) is 5.75 Å². The third-order valence-electron chi connectivity index (χ3n) is 2.79. The number of hydrogen-bond donors (Lipinski definition) is 0. The fourth-order valence-corrected chi connectivity index (χ4v) is 3.55. The van der Waals surface area contributed by atoms with Crippen LogP contribution in [-0.4, -0.2) is 43.6 Å². The maximum atomic E-state index is 12.5. The van der Waals surface area contributed by atoms with Gasteiger partial charge in [0.25, 0.3) is 0 Å². The van der Waals surface area contributed by atoms with Gasteiger partial charge in [-0.3, -0.25) is 4.79 Å². The molecule has 0 atom stereocenters. The smallest absolute Gasteiger partial charge is 0.321 e. The molecule has 0 saturated carbocycles. The average Bonchev–Trinajstić information content (AvgIpc) is 2.46. The lowest BCUT2D eigenvalue weighted by Gasteiger charge is -2.22. The summed E-state index contributed by atoms with van der Waals surface area (Å²) in [4.78, 5) is 12.9. The molecule has 0 bridgehead atoms. The van der Waals surface area contributed by atoms with E-state index in [1.54, 1.807) is 39.8 Å². The van der Waals surface area contributed by atoms with E-state index in [1.165, 1.54) is 30.9 Å². The molecular formula is C17H23NO4S2. The van der Waals surface area contributed by atoms with Crippen LogP contribution in [0.25, 0.3) is 0 Å². The van der Waals surface area contributed by atoms with Crippen LogP contribution in [0.5, 0.6) is 0 Å². The molecule has 0 radical (unpaired) electrons. The van der Waals surface area contributed by atoms with Gasteiger partial charge in [-0.25, -0.2) is 8.42 Å². The zero-order valence-electron chi connectivity index (χ0n) is 14.6. The first kappa shape index (κ1) is 20.6. The maximum absolute atomic E-state index is 12.5. The number of rotatable bonds is 6. The molecule has 0 spiro atoms. The topological polar surface area (TPSA) is 63.7 Å². The third kappa shape index (κ3) is 6.56. The van der Waals surface area contributed by atoms with E-state index in [0.717, 1.165) is 9.20 Å². The molecule has 0 aliphatic rings. The van der Waals surface area contributed by atoms with E-state index in [-0.39, 0.29) is 11.4 Å². The van der Waals surface area contributed by atoms with E-state index in [2.05, 4.69) is 11.8 Å². The highest BCUT2D eigenvalue weighted by Crippen LogP contribution is 2.21. The summed E-state index contributed by atoms with van der Waals surface area (Å²) in [7, 11) is -2.38. The summed E-state index contributed by atoms with van der Waals surface area (Å²) in [6.45, 7) is 6.65. The van der Waals surface area contributed by atoms with Crippen molar-refractivity contribution in [3.63, 3.8) is 0 Å². The number of carbonyl (C=O) groups is 1. The zero-order chi connectivity index (χ0) is 18.4. The maximum Gasteiger partial charge on any atom is 0.321 e. The normalized spacial score (nSPS) is 11.8. The van der Waals surface area contributed by atoms with E-state index in [9.17, 15) is 13.2 Å². The molecule has 1 aromatic rings. The highest BCUT2D eigenvalue weighted by molar-refractivity contribution is 7.99. The molecular weight excluding hydrogens is 346 g/mol. The molecule has 0 amide bonds. The van der Waals surface area contributed by atoms with Gasteiger partial charge in [-0.15, -0.1) is 17.7 Å². The average molecular weight is 370 g/mol. The molecule has 0 aromatic heterocycles. The summed E-state index contributed by atoms with van der Waals surface area (Å²) in [5.74, 6) is 5.81. The predicted octanol–water partition coefficient (Wildman–Crippen LogP) is 2.76. The van der Waals surface area contributed by atoms with Crippen molar-refractivity contribution in [2.75, 3.05) is 19.3 Å². The summed E-state index contributed by atoms with van der Waals surface area (Å²) in [6.07, 6.45) is 0. The van der Waals surface area contributed by atoms with Crippen LogP contribution in [0, 0.1) is 11.8 Å². The van der Waals surface area contributed by atoms with E-state index >= 15 is 0 Å². The molecule has 0 N–H and O–H groups in total. The lowest BCUT2D eigenvalue weighted by atomic mass is 10.2. The van der Waals surface area contributed by atoms with Crippen LogP contribution in [0.2, 0.25) is 0 Å². The molecule has 5 nitrogen and oxygen atoms in total. The van der Waals surface area contributed by atoms with Crippen LogP contribution in [0.3, 0.4) is 0 Å². The molecule has 1 aromatic carbocycles. The number of benzene rings is 1. The number of hydrogen-bond acceptors (Lipinski definition) is 5. The van der Waals surface area contributed by atoms with Gasteiger partial charge in [0.2, 0.25) is 10.0 Å². The molecule has 0 aliphatic heterocycles. The number of ether oxygens (including phenoxy) is 1. The molecule has 0 aliphatic carbocycles. The van der Waals surface area contributed by atoms with E-state index in [4.69, 9.17) is 4.74 Å². The molecule has 0 unspecified atom stereocenters. The SMILES string of the molecule is CC#CCSc1ccc(S(=O)(=O)N(C)CC(=O)OC(C)(C)C)cc1. The number of likely N-dealkylation sites (N-methyl/N-ethyl adjacent to an activating group) is 1. The second kappa shape index (κ2) is 8.56. The van der Waals surface area contributed by atoms with Crippen LogP contribution < -0.4 is 0 Å². The third-order valence-corrected chi connectivity index (χ3v) is 5.50. The Bertz CT molecular complexity index is 723. The highest BCUT2D eigenvalue weighted by Gasteiger charge is 2.25. The van der Waals surface area contributed by atoms with E-state index < -0.39 is 21.6 Å². The van der Waals surface area contributed by atoms with Crippen molar-refractivity contribution in [2.45, 2.75) is 43.1 Å². The standard InChI is InChI=1S/C17H23NO4S2/c1-6-7-12-23-14-8-10-15(11-9-14)24(20,21)18(5)13-16(19)22-17(2,3)4/h8-11H,12-13H2,1-5H3. The Morgan fingerprint density at radius 1 is 1.25 bits per heavy atom. The van der Waals surface area contributed by atoms with Crippen LogP contribution >= 0.6 is 11.8 Å². The number of sulfonamides is 1. The fourth-order valence-electron chi connectivity index (χ4n) is 1.72. The Labute approximate surface area is 148 Å². The van der Waals surface area contributed by atoms with Gasteiger partial charge < -0.3 is 4.74 Å². The molecule has 0 fully saturated rings. The lowest BCUT2D eigenvalue weighted by molar-refractivity contribution is -0.154. The Morgan fingerprint density at radius 2 is 1.83 bits per heavy atom. The molecule has 7 heteroatoms. The Hall–Kier alpha value is -1.49. The van der Waals surface area contributed by atoms with Gasteiger partial charge in [0.05, 0.1) is 10.6 Å². The van der Waals surface area contributed by atoms with Gasteiger partial charge in [-0.2, -0.15) is 4.31 Å². The van der Waals surface area contributed by atoms with Gasteiger partial charge in [-0.1, -0.05) is 5.92 Å². The predicted molar refractivity (Wildman–Crippen MR) is 96.3 cm³/mol. The van der Waals surface area contributed by atoms with E-state index in [1.807, 2.05) is 0 Å². The first-order valence-corrected chi connectivity index (χ1v) is 9.79. The first-order valence-electron chi connectivity index (χ1n) is 7.37. The van der Waals surface area contributed by atoms with Gasteiger partial charge >= 0.3 is 5.97 Å². The number of carbonyl (C=O) groups excluding carboxylic acids is 1. The van der Waals surface area contributed by atoms with Crippen LogP contribution in [0.4, 0.5) is 0 Å². The zero-order valence-corrected chi connectivity index (χ0v) is 16.3. The van der Waals surface area contributed by atoms with Crippen molar-refractivity contribution in [1.82, 2.24) is 4.31 Å². The van der Waals surface area contributed by atoms with Crippen molar-refractivity contribution < 1.29 is 17.9 Å². The second-order valence-electron chi connectivity index (χ2n) is 6.03. The van der Waals surface area contributed by atoms with Gasteiger partial charge in [0.15, 0.2) is 0 Å². The summed E-state index contributed by atoms with van der Waals surface area (Å²) in [5.41, 5.74) is -0.651. The molecule has 132 valence electrons. The van der Waals surface area contributed by atoms with Crippen LogP contribution in [0.1, 0.15) is 27.7 Å². The highest BCUT2D eigenvalue weighted by atomic mass is 32.2. The van der Waals surface area contributed by atoms with Crippen molar-refractivity contribution in [3.8, 4) is 11.8 Å². The van der Waals surface area contributed by atoms with Gasteiger partial charge in [-0.05, 0) is 52.0 Å². The van der Waals surface area contributed by atoms with Crippen molar-refractivity contribution >= 4 is 27.8 Å². The Balaban J connectivity index is 2.79. The summed E-state index contributed by atoms with van der Waals surface area (Å²) < 4.78 is 31.1. The number of nitrogens with zero attached hydrogens (tertiary/aromatic N) is 1. The van der Waals surface area contributed by atoms with Crippen LogP contribution in [-0.2, 0) is 19.6 Å². The quantitative estimate of drug-likeness (QED) is 0.438. The minimum Gasteiger partial charge on any atom is -0.459 e. The lowest BCUT2D eigenvalue weighted by Crippen LogP contribution is -2.36.